The number of halogens is 1. The number of fused-ring (bicyclic) bond motifs is 1. The van der Waals surface area contributed by atoms with Crippen LogP contribution in [0.3, 0.4) is 0 Å². The van der Waals surface area contributed by atoms with Crippen molar-refractivity contribution in [1.29, 1.82) is 0 Å². The van der Waals surface area contributed by atoms with Gasteiger partial charge in [-0.2, -0.15) is 0 Å². The van der Waals surface area contributed by atoms with Gasteiger partial charge >= 0.3 is 0 Å². The van der Waals surface area contributed by atoms with Crippen LogP contribution in [0.1, 0.15) is 51.6 Å². The maximum absolute atomic E-state index is 6.16. The first-order chi connectivity index (χ1) is 9.10. The molecule has 1 N–H and O–H groups in total. The van der Waals surface area contributed by atoms with E-state index in [1.165, 1.54) is 5.56 Å². The molecule has 1 aliphatic heterocycles. The molecule has 3 heteroatoms. The van der Waals surface area contributed by atoms with Gasteiger partial charge in [0.25, 0.3) is 0 Å². The Bertz CT molecular complexity index is 419. The average molecular weight is 326 g/mol. The molecule has 0 saturated heterocycles. The first-order valence-corrected chi connectivity index (χ1v) is 8.09. The molecule has 0 aromatic heterocycles. The number of hydrogen-bond acceptors (Lipinski definition) is 2. The largest absolute Gasteiger partial charge is 0.490 e. The minimum absolute atomic E-state index is 0.330. The number of benzene rings is 1. The average Bonchev–Trinajstić information content (AvgIpc) is 2.34. The summed E-state index contributed by atoms with van der Waals surface area (Å²) in [6, 6.07) is 6.81. The summed E-state index contributed by atoms with van der Waals surface area (Å²) in [5.41, 5.74) is 1.30. The fourth-order valence-electron chi connectivity index (χ4n) is 2.70. The molecule has 2 rings (SSSR count). The highest BCUT2D eigenvalue weighted by atomic mass is 79.9. The Balaban J connectivity index is 2.19. The Hall–Kier alpha value is -0.540. The van der Waals surface area contributed by atoms with Crippen molar-refractivity contribution in [3.63, 3.8) is 0 Å². The van der Waals surface area contributed by atoms with E-state index in [2.05, 4.69) is 60.2 Å². The van der Waals surface area contributed by atoms with Crippen LogP contribution in [-0.4, -0.2) is 12.6 Å². The van der Waals surface area contributed by atoms with E-state index in [1.807, 2.05) is 0 Å². The lowest BCUT2D eigenvalue weighted by Gasteiger charge is -2.33. The Morgan fingerprint density at radius 2 is 2.21 bits per heavy atom. The minimum atomic E-state index is 0.330. The third-order valence-electron chi connectivity index (χ3n) is 3.52. The van der Waals surface area contributed by atoms with E-state index in [-0.39, 0.29) is 0 Å². The smallest absolute Gasteiger partial charge is 0.125 e. The van der Waals surface area contributed by atoms with Gasteiger partial charge in [0, 0.05) is 22.5 Å². The molecule has 19 heavy (non-hydrogen) atoms. The first-order valence-electron chi connectivity index (χ1n) is 7.29. The van der Waals surface area contributed by atoms with Gasteiger partial charge in [-0.25, -0.2) is 0 Å². The van der Waals surface area contributed by atoms with Gasteiger partial charge < -0.3 is 10.1 Å². The zero-order valence-corrected chi connectivity index (χ0v) is 13.7. The fraction of sp³-hybridized carbons (Fsp3) is 0.625. The van der Waals surface area contributed by atoms with Crippen LogP contribution in [-0.2, 0) is 0 Å². The van der Waals surface area contributed by atoms with Crippen LogP contribution in [0.5, 0.6) is 5.75 Å². The van der Waals surface area contributed by atoms with Gasteiger partial charge in [0.05, 0.1) is 0 Å². The van der Waals surface area contributed by atoms with Gasteiger partial charge in [0.1, 0.15) is 11.9 Å². The molecule has 2 atom stereocenters. The molecule has 0 saturated carbocycles. The Morgan fingerprint density at radius 1 is 1.42 bits per heavy atom. The van der Waals surface area contributed by atoms with Crippen molar-refractivity contribution < 1.29 is 4.74 Å². The van der Waals surface area contributed by atoms with Crippen LogP contribution in [0, 0.1) is 5.92 Å². The van der Waals surface area contributed by atoms with Crippen LogP contribution < -0.4 is 10.1 Å². The SMILES string of the molecule is CCCNC1CC(CC(C)C)Oc2cc(Br)ccc21. The van der Waals surface area contributed by atoms with E-state index in [9.17, 15) is 0 Å². The van der Waals surface area contributed by atoms with E-state index in [1.54, 1.807) is 0 Å². The summed E-state index contributed by atoms with van der Waals surface area (Å²) in [5, 5.41) is 3.65. The lowest BCUT2D eigenvalue weighted by atomic mass is 9.92. The van der Waals surface area contributed by atoms with E-state index >= 15 is 0 Å². The van der Waals surface area contributed by atoms with Gasteiger partial charge in [-0.15, -0.1) is 0 Å². The monoisotopic (exact) mass is 325 g/mol. The lowest BCUT2D eigenvalue weighted by molar-refractivity contribution is 0.128. The van der Waals surface area contributed by atoms with Crippen LogP contribution in [0.2, 0.25) is 0 Å². The molecule has 1 aromatic carbocycles. The summed E-state index contributed by atoms with van der Waals surface area (Å²) in [6.07, 6.45) is 3.69. The fourth-order valence-corrected chi connectivity index (χ4v) is 3.04. The predicted molar refractivity (Wildman–Crippen MR) is 83.7 cm³/mol. The summed E-state index contributed by atoms with van der Waals surface area (Å²) < 4.78 is 7.25. The normalized spacial score (nSPS) is 22.2. The molecule has 106 valence electrons. The second-order valence-electron chi connectivity index (χ2n) is 5.79. The number of ether oxygens (including phenoxy) is 1. The standard InChI is InChI=1S/C16H24BrNO/c1-4-7-18-15-10-13(8-11(2)3)19-16-9-12(17)5-6-14(15)16/h5-6,9,11,13,15,18H,4,7-8,10H2,1-3H3. The van der Waals surface area contributed by atoms with E-state index in [0.717, 1.165) is 36.0 Å². The molecule has 0 amide bonds. The lowest BCUT2D eigenvalue weighted by Crippen LogP contribution is -2.34. The van der Waals surface area contributed by atoms with E-state index < -0.39 is 0 Å². The molecular weight excluding hydrogens is 302 g/mol. The molecule has 0 aliphatic carbocycles. The van der Waals surface area contributed by atoms with Crippen LogP contribution in [0.25, 0.3) is 0 Å². The van der Waals surface area contributed by atoms with Crippen molar-refractivity contribution in [3.8, 4) is 5.75 Å². The third-order valence-corrected chi connectivity index (χ3v) is 4.01. The van der Waals surface area contributed by atoms with Gasteiger partial charge in [0.2, 0.25) is 0 Å². The van der Waals surface area contributed by atoms with Gasteiger partial charge in [0.15, 0.2) is 0 Å². The molecule has 0 fully saturated rings. The topological polar surface area (TPSA) is 21.3 Å². The maximum Gasteiger partial charge on any atom is 0.125 e. The van der Waals surface area contributed by atoms with Gasteiger partial charge in [-0.3, -0.25) is 0 Å². The zero-order valence-electron chi connectivity index (χ0n) is 12.1. The highest BCUT2D eigenvalue weighted by molar-refractivity contribution is 9.10. The highest BCUT2D eigenvalue weighted by Crippen LogP contribution is 2.38. The minimum Gasteiger partial charge on any atom is -0.490 e. The molecule has 1 heterocycles. The summed E-state index contributed by atoms with van der Waals surface area (Å²) in [6.45, 7) is 7.79. The van der Waals surface area contributed by atoms with Crippen molar-refractivity contribution >= 4 is 15.9 Å². The molecule has 1 aromatic rings. The Kier molecular flexibility index (Phi) is 5.28. The maximum atomic E-state index is 6.16. The first kappa shape index (κ1) is 14.9. The quantitative estimate of drug-likeness (QED) is 0.848. The van der Waals surface area contributed by atoms with E-state index in [4.69, 9.17) is 4.74 Å². The number of rotatable bonds is 5. The van der Waals surface area contributed by atoms with Crippen molar-refractivity contribution in [2.75, 3.05) is 6.54 Å². The Morgan fingerprint density at radius 3 is 2.89 bits per heavy atom. The molecule has 0 radical (unpaired) electrons. The van der Waals surface area contributed by atoms with Crippen molar-refractivity contribution in [3.05, 3.63) is 28.2 Å². The van der Waals surface area contributed by atoms with Crippen molar-refractivity contribution in [1.82, 2.24) is 5.32 Å². The van der Waals surface area contributed by atoms with Gasteiger partial charge in [-0.05, 0) is 37.4 Å². The van der Waals surface area contributed by atoms with Crippen LogP contribution in [0.4, 0.5) is 0 Å². The van der Waals surface area contributed by atoms with Crippen molar-refractivity contribution in [2.24, 2.45) is 5.92 Å². The molecule has 2 unspecified atom stereocenters. The van der Waals surface area contributed by atoms with Crippen LogP contribution >= 0.6 is 15.9 Å². The predicted octanol–water partition coefficient (Wildman–Crippen LogP) is 4.69. The number of hydrogen-bond donors (Lipinski definition) is 1. The molecule has 0 bridgehead atoms. The van der Waals surface area contributed by atoms with Crippen LogP contribution in [0.15, 0.2) is 22.7 Å². The summed E-state index contributed by atoms with van der Waals surface area (Å²) in [4.78, 5) is 0. The zero-order chi connectivity index (χ0) is 13.8. The van der Waals surface area contributed by atoms with Crippen molar-refractivity contribution in [2.45, 2.75) is 52.2 Å². The molecule has 0 spiro atoms. The second kappa shape index (κ2) is 6.76. The Labute approximate surface area is 125 Å². The third kappa shape index (κ3) is 3.96. The molecule has 1 aliphatic rings. The second-order valence-corrected chi connectivity index (χ2v) is 6.71. The summed E-state index contributed by atoms with van der Waals surface area (Å²) in [7, 11) is 0. The van der Waals surface area contributed by atoms with Gasteiger partial charge in [-0.1, -0.05) is 42.8 Å². The molecule has 2 nitrogen and oxygen atoms in total. The summed E-state index contributed by atoms with van der Waals surface area (Å²) >= 11 is 3.53. The number of nitrogens with one attached hydrogen (secondary N) is 1. The van der Waals surface area contributed by atoms with E-state index in [0.29, 0.717) is 18.1 Å². The summed E-state index contributed by atoms with van der Waals surface area (Å²) in [5.74, 6) is 1.71. The molecular formula is C16H24BrNO. The highest BCUT2D eigenvalue weighted by Gasteiger charge is 2.28.